The summed E-state index contributed by atoms with van der Waals surface area (Å²) < 4.78 is 82.8. The van der Waals surface area contributed by atoms with Crippen LogP contribution in [0.25, 0.3) is 0 Å². The van der Waals surface area contributed by atoms with Crippen LogP contribution < -0.4 is 15.4 Å². The Morgan fingerprint density at radius 2 is 0.926 bits per heavy atom. The molecule has 2 aromatic carbocycles. The second-order valence-electron chi connectivity index (χ2n) is 5.77. The van der Waals surface area contributed by atoms with Crippen molar-refractivity contribution in [2.24, 2.45) is 0 Å². The van der Waals surface area contributed by atoms with E-state index in [4.69, 9.17) is 4.74 Å². The van der Waals surface area contributed by atoms with Crippen molar-refractivity contribution in [3.8, 4) is 11.5 Å². The van der Waals surface area contributed by atoms with Crippen LogP contribution in [0.15, 0.2) is 48.5 Å². The minimum atomic E-state index is -4.44. The summed E-state index contributed by atoms with van der Waals surface area (Å²) in [6.45, 7) is 0. The molecule has 2 aromatic rings. The molecule has 0 aliphatic carbocycles. The van der Waals surface area contributed by atoms with E-state index in [1.165, 1.54) is 62.6 Å². The van der Waals surface area contributed by atoms with Crippen LogP contribution in [0.3, 0.4) is 0 Å². The molecule has 148 valence electrons. The maximum Gasteiger partial charge on any atom is 0.407 e. The molecule has 0 fully saturated rings. The van der Waals surface area contributed by atoms with E-state index in [0.717, 1.165) is 0 Å². The van der Waals surface area contributed by atoms with Gasteiger partial charge in [0.05, 0.1) is 0 Å². The minimum Gasteiger partial charge on any atom is -0.457 e. The van der Waals surface area contributed by atoms with Crippen LogP contribution in [-0.4, -0.2) is 26.4 Å². The van der Waals surface area contributed by atoms with Crippen LogP contribution >= 0.6 is 0 Å². The van der Waals surface area contributed by atoms with Crippen LogP contribution in [-0.2, 0) is 0 Å². The highest BCUT2D eigenvalue weighted by Crippen LogP contribution is 2.35. The zero-order chi connectivity index (χ0) is 20.2. The summed E-state index contributed by atoms with van der Waals surface area (Å²) in [7, 11) is 2.42. The Labute approximate surface area is 152 Å². The molecule has 0 heterocycles. The molecular formula is C18H18F6N2O. The third kappa shape index (κ3) is 5.36. The van der Waals surface area contributed by atoms with Gasteiger partial charge in [0, 0.05) is 0 Å². The molecule has 27 heavy (non-hydrogen) atoms. The van der Waals surface area contributed by atoms with Crippen molar-refractivity contribution in [3.63, 3.8) is 0 Å². The Morgan fingerprint density at radius 3 is 1.15 bits per heavy atom. The number of hydrogen-bond donors (Lipinski definition) is 2. The zero-order valence-corrected chi connectivity index (χ0v) is 14.4. The molecule has 0 spiro atoms. The summed E-state index contributed by atoms with van der Waals surface area (Å²) >= 11 is 0. The molecule has 2 rings (SSSR count). The number of rotatable bonds is 6. The summed E-state index contributed by atoms with van der Waals surface area (Å²) in [5, 5.41) is 4.40. The lowest BCUT2D eigenvalue weighted by molar-refractivity contribution is -0.157. The van der Waals surface area contributed by atoms with E-state index in [2.05, 4.69) is 10.6 Å². The predicted octanol–water partition coefficient (Wildman–Crippen LogP) is 5.12. The largest absolute Gasteiger partial charge is 0.457 e. The molecule has 0 aromatic heterocycles. The SMILES string of the molecule is CNC(c1ccc(Oc2ccc(C(NC)C(F)(F)F)cc2)cc1)C(F)(F)F. The van der Waals surface area contributed by atoms with Gasteiger partial charge in [0.2, 0.25) is 0 Å². The number of ether oxygens (including phenoxy) is 1. The number of halogens is 6. The van der Waals surface area contributed by atoms with E-state index in [1.807, 2.05) is 0 Å². The maximum atomic E-state index is 12.9. The van der Waals surface area contributed by atoms with Crippen molar-refractivity contribution in [2.75, 3.05) is 14.1 Å². The van der Waals surface area contributed by atoms with Gasteiger partial charge in [-0.1, -0.05) is 24.3 Å². The first-order valence-corrected chi connectivity index (χ1v) is 7.92. The normalized spacial score (nSPS) is 14.7. The molecule has 0 aliphatic rings. The van der Waals surface area contributed by atoms with Gasteiger partial charge in [0.25, 0.3) is 0 Å². The summed E-state index contributed by atoms with van der Waals surface area (Å²) in [5.41, 5.74) is 0.0458. The summed E-state index contributed by atoms with van der Waals surface area (Å²) in [4.78, 5) is 0. The Morgan fingerprint density at radius 1 is 0.630 bits per heavy atom. The quantitative estimate of drug-likeness (QED) is 0.669. The molecule has 0 radical (unpaired) electrons. The Balaban J connectivity index is 2.12. The lowest BCUT2D eigenvalue weighted by Crippen LogP contribution is -2.31. The molecule has 0 aliphatic heterocycles. The lowest BCUT2D eigenvalue weighted by Gasteiger charge is -2.20. The highest BCUT2D eigenvalue weighted by atomic mass is 19.4. The van der Waals surface area contributed by atoms with Crippen molar-refractivity contribution >= 4 is 0 Å². The number of benzene rings is 2. The number of hydrogen-bond acceptors (Lipinski definition) is 3. The molecule has 3 nitrogen and oxygen atoms in total. The molecular weight excluding hydrogens is 374 g/mol. The van der Waals surface area contributed by atoms with Gasteiger partial charge in [-0.2, -0.15) is 26.3 Å². The highest BCUT2D eigenvalue weighted by molar-refractivity contribution is 5.36. The first-order valence-electron chi connectivity index (χ1n) is 7.92. The van der Waals surface area contributed by atoms with Gasteiger partial charge in [-0.15, -0.1) is 0 Å². The van der Waals surface area contributed by atoms with E-state index >= 15 is 0 Å². The van der Waals surface area contributed by atoms with E-state index < -0.39 is 24.4 Å². The van der Waals surface area contributed by atoms with Gasteiger partial charge >= 0.3 is 12.4 Å². The number of nitrogens with one attached hydrogen (secondary N) is 2. The topological polar surface area (TPSA) is 33.3 Å². The van der Waals surface area contributed by atoms with Crippen molar-refractivity contribution < 1.29 is 31.1 Å². The van der Waals surface area contributed by atoms with Gasteiger partial charge in [0.15, 0.2) is 0 Å². The fourth-order valence-electron chi connectivity index (χ4n) is 2.63. The summed E-state index contributed by atoms with van der Waals surface area (Å²) in [5.74, 6) is 0.536. The fraction of sp³-hybridized carbons (Fsp3) is 0.333. The van der Waals surface area contributed by atoms with E-state index in [-0.39, 0.29) is 22.6 Å². The molecule has 2 unspecified atom stereocenters. The van der Waals surface area contributed by atoms with E-state index in [1.54, 1.807) is 0 Å². The van der Waals surface area contributed by atoms with Crippen molar-refractivity contribution in [2.45, 2.75) is 24.4 Å². The standard InChI is InChI=1S/C18H18F6N2O/c1-25-15(17(19,20)21)11-3-7-13(8-4-11)27-14-9-5-12(6-10-14)16(26-2)18(22,23)24/h3-10,15-16,25-26H,1-2H3. The van der Waals surface area contributed by atoms with Gasteiger partial charge in [-0.3, -0.25) is 0 Å². The third-order valence-electron chi connectivity index (χ3n) is 3.89. The van der Waals surface area contributed by atoms with Crippen LogP contribution in [0.1, 0.15) is 23.2 Å². The van der Waals surface area contributed by atoms with E-state index in [9.17, 15) is 26.3 Å². The second kappa shape index (κ2) is 8.18. The van der Waals surface area contributed by atoms with Crippen LogP contribution in [0, 0.1) is 0 Å². The maximum absolute atomic E-state index is 12.9. The predicted molar refractivity (Wildman–Crippen MR) is 88.7 cm³/mol. The lowest BCUT2D eigenvalue weighted by atomic mass is 10.1. The van der Waals surface area contributed by atoms with Gasteiger partial charge in [-0.05, 0) is 49.5 Å². The minimum absolute atomic E-state index is 0.0229. The van der Waals surface area contributed by atoms with Crippen molar-refractivity contribution in [1.82, 2.24) is 10.6 Å². The first-order chi connectivity index (χ1) is 12.6. The highest BCUT2D eigenvalue weighted by Gasteiger charge is 2.40. The van der Waals surface area contributed by atoms with Crippen molar-refractivity contribution in [3.05, 3.63) is 59.7 Å². The molecule has 2 atom stereocenters. The zero-order valence-electron chi connectivity index (χ0n) is 14.4. The van der Waals surface area contributed by atoms with Gasteiger partial charge < -0.3 is 15.4 Å². The Bertz CT molecular complexity index is 662. The third-order valence-corrected chi connectivity index (χ3v) is 3.89. The molecule has 2 N–H and O–H groups in total. The Hall–Kier alpha value is -2.26. The van der Waals surface area contributed by atoms with Crippen LogP contribution in [0.2, 0.25) is 0 Å². The molecule has 0 saturated heterocycles. The second-order valence-corrected chi connectivity index (χ2v) is 5.77. The van der Waals surface area contributed by atoms with Gasteiger partial charge in [-0.25, -0.2) is 0 Å². The average molecular weight is 392 g/mol. The van der Waals surface area contributed by atoms with Crippen LogP contribution in [0.4, 0.5) is 26.3 Å². The van der Waals surface area contributed by atoms with E-state index in [0.29, 0.717) is 0 Å². The monoisotopic (exact) mass is 392 g/mol. The van der Waals surface area contributed by atoms with Crippen LogP contribution in [0.5, 0.6) is 11.5 Å². The van der Waals surface area contributed by atoms with Gasteiger partial charge in [0.1, 0.15) is 23.6 Å². The molecule has 0 amide bonds. The fourth-order valence-corrected chi connectivity index (χ4v) is 2.63. The molecule has 9 heteroatoms. The van der Waals surface area contributed by atoms with Crippen molar-refractivity contribution in [1.29, 1.82) is 0 Å². The first kappa shape index (κ1) is 21.0. The summed E-state index contributed by atoms with van der Waals surface area (Å²) in [6.07, 6.45) is -8.87. The average Bonchev–Trinajstić information content (AvgIpc) is 2.57. The molecule has 0 saturated carbocycles. The Kier molecular flexibility index (Phi) is 6.38. The number of alkyl halides is 6. The smallest absolute Gasteiger partial charge is 0.407 e. The molecule has 0 bridgehead atoms. The summed E-state index contributed by atoms with van der Waals surface area (Å²) in [6, 6.07) is 6.97.